The van der Waals surface area contributed by atoms with Gasteiger partial charge in [0.15, 0.2) is 0 Å². The zero-order valence-corrected chi connectivity index (χ0v) is 18.0. The first kappa shape index (κ1) is 21.9. The fourth-order valence-corrected chi connectivity index (χ4v) is 4.10. The molecule has 0 saturated carbocycles. The van der Waals surface area contributed by atoms with Crippen molar-refractivity contribution in [3.05, 3.63) is 75.0 Å². The molecular weight excluding hydrogens is 434 g/mol. The van der Waals surface area contributed by atoms with Gasteiger partial charge in [-0.2, -0.15) is 0 Å². The first-order chi connectivity index (χ1) is 15.5. The summed E-state index contributed by atoms with van der Waals surface area (Å²) in [6.45, 7) is 1.39. The fourth-order valence-electron chi connectivity index (χ4n) is 3.83. The Morgan fingerprint density at radius 2 is 1.91 bits per heavy atom. The van der Waals surface area contributed by atoms with Crippen LogP contribution in [0.25, 0.3) is 11.3 Å². The number of aliphatic hydroxyl groups excluding tert-OH is 1. The molecule has 0 unspecified atom stereocenters. The van der Waals surface area contributed by atoms with Gasteiger partial charge in [-0.1, -0.05) is 11.6 Å². The molecule has 1 saturated heterocycles. The number of carbonyl (C=O) groups is 1. The minimum Gasteiger partial charge on any atom is -0.459 e. The molecule has 0 bridgehead atoms. The highest BCUT2D eigenvalue weighted by Gasteiger charge is 2.22. The maximum absolute atomic E-state index is 13.1. The van der Waals surface area contributed by atoms with Gasteiger partial charge in [-0.15, -0.1) is 0 Å². The Labute approximate surface area is 189 Å². The molecule has 166 valence electrons. The minimum absolute atomic E-state index is 0.137. The number of hydrogen-bond donors (Lipinski definition) is 2. The first-order valence-corrected chi connectivity index (χ1v) is 10.7. The highest BCUT2D eigenvalue weighted by molar-refractivity contribution is 6.33. The summed E-state index contributed by atoms with van der Waals surface area (Å²) in [5.74, 6) is 0.478. The molecule has 1 aromatic heterocycles. The highest BCUT2D eigenvalue weighted by atomic mass is 35.5. The largest absolute Gasteiger partial charge is 0.459 e. The molecule has 0 atom stereocenters. The second kappa shape index (κ2) is 9.42. The van der Waals surface area contributed by atoms with Gasteiger partial charge in [0.25, 0.3) is 11.6 Å². The summed E-state index contributed by atoms with van der Waals surface area (Å²) in [7, 11) is 0. The van der Waals surface area contributed by atoms with Crippen molar-refractivity contribution >= 4 is 34.6 Å². The van der Waals surface area contributed by atoms with Crippen molar-refractivity contribution in [3.8, 4) is 11.3 Å². The highest BCUT2D eigenvalue weighted by Crippen LogP contribution is 2.33. The normalized spacial score (nSPS) is 13.8. The average molecular weight is 456 g/mol. The van der Waals surface area contributed by atoms with Crippen molar-refractivity contribution in [1.29, 1.82) is 0 Å². The summed E-state index contributed by atoms with van der Waals surface area (Å²) >= 11 is 6.39. The molecule has 2 N–H and O–H groups in total. The Balaban J connectivity index is 1.61. The summed E-state index contributed by atoms with van der Waals surface area (Å²) in [5.41, 5.74) is 1.87. The van der Waals surface area contributed by atoms with Crippen molar-refractivity contribution < 1.29 is 19.2 Å². The number of piperidine rings is 1. The van der Waals surface area contributed by atoms with E-state index >= 15 is 0 Å². The molecule has 0 radical (unpaired) electrons. The van der Waals surface area contributed by atoms with Crippen molar-refractivity contribution in [3.63, 3.8) is 0 Å². The molecule has 1 aliphatic rings. The van der Waals surface area contributed by atoms with Gasteiger partial charge in [-0.25, -0.2) is 0 Å². The van der Waals surface area contributed by atoms with E-state index in [4.69, 9.17) is 21.1 Å². The molecule has 0 spiro atoms. The van der Waals surface area contributed by atoms with E-state index in [-0.39, 0.29) is 17.9 Å². The van der Waals surface area contributed by atoms with Gasteiger partial charge in [0.1, 0.15) is 18.1 Å². The number of aliphatic hydroxyl groups is 1. The number of nitrogens with one attached hydrogen (secondary N) is 1. The monoisotopic (exact) mass is 455 g/mol. The Kier molecular flexibility index (Phi) is 6.43. The third-order valence-corrected chi connectivity index (χ3v) is 5.75. The zero-order valence-electron chi connectivity index (χ0n) is 17.2. The molecule has 8 nitrogen and oxygen atoms in total. The van der Waals surface area contributed by atoms with Gasteiger partial charge >= 0.3 is 0 Å². The number of nitro benzene ring substituents is 1. The molecule has 2 heterocycles. The van der Waals surface area contributed by atoms with Crippen LogP contribution in [0.15, 0.2) is 52.9 Å². The number of anilines is 2. The lowest BCUT2D eigenvalue weighted by molar-refractivity contribution is -0.384. The molecule has 2 aromatic carbocycles. The first-order valence-electron chi connectivity index (χ1n) is 10.3. The van der Waals surface area contributed by atoms with E-state index in [1.54, 1.807) is 36.4 Å². The predicted octanol–water partition coefficient (Wildman–Crippen LogP) is 5.24. The SMILES string of the molecule is O=C(Nc1ccc(-c2ccc(CO)o2)c(Cl)c1)c1cc([N+](=O)[O-])ccc1N1CCCCC1. The van der Waals surface area contributed by atoms with Crippen LogP contribution in [0.2, 0.25) is 5.02 Å². The fraction of sp³-hybridized carbons (Fsp3) is 0.261. The minimum atomic E-state index is -0.508. The van der Waals surface area contributed by atoms with E-state index < -0.39 is 10.8 Å². The Morgan fingerprint density at radius 1 is 1.12 bits per heavy atom. The molecule has 0 aliphatic carbocycles. The van der Waals surface area contributed by atoms with Crippen LogP contribution in [0.5, 0.6) is 0 Å². The second-order valence-corrected chi connectivity index (χ2v) is 7.99. The Bertz CT molecular complexity index is 1150. The van der Waals surface area contributed by atoms with Crippen LogP contribution < -0.4 is 10.2 Å². The number of carbonyl (C=O) groups excluding carboxylic acids is 1. The van der Waals surface area contributed by atoms with E-state index in [1.807, 2.05) is 0 Å². The number of furan rings is 1. The number of amides is 1. The Morgan fingerprint density at radius 3 is 2.56 bits per heavy atom. The van der Waals surface area contributed by atoms with Crippen LogP contribution in [0.4, 0.5) is 17.1 Å². The van der Waals surface area contributed by atoms with Gasteiger partial charge < -0.3 is 19.7 Å². The lowest BCUT2D eigenvalue weighted by atomic mass is 10.1. The molecular formula is C23H22ClN3O5. The third-order valence-electron chi connectivity index (χ3n) is 5.44. The summed E-state index contributed by atoms with van der Waals surface area (Å²) < 4.78 is 5.52. The van der Waals surface area contributed by atoms with E-state index in [2.05, 4.69) is 10.2 Å². The van der Waals surface area contributed by atoms with Crippen LogP contribution in [0.3, 0.4) is 0 Å². The van der Waals surface area contributed by atoms with E-state index in [0.717, 1.165) is 32.4 Å². The van der Waals surface area contributed by atoms with Crippen molar-refractivity contribution in [2.24, 2.45) is 0 Å². The number of hydrogen-bond acceptors (Lipinski definition) is 6. The van der Waals surface area contributed by atoms with Gasteiger partial charge in [0.2, 0.25) is 0 Å². The topological polar surface area (TPSA) is 109 Å². The zero-order chi connectivity index (χ0) is 22.7. The molecule has 4 rings (SSSR count). The average Bonchev–Trinajstić information content (AvgIpc) is 3.28. The lowest BCUT2D eigenvalue weighted by Crippen LogP contribution is -2.31. The van der Waals surface area contributed by atoms with Crippen molar-refractivity contribution in [1.82, 2.24) is 0 Å². The van der Waals surface area contributed by atoms with Gasteiger partial charge in [-0.05, 0) is 55.7 Å². The number of rotatable bonds is 6. The maximum atomic E-state index is 13.1. The molecule has 1 amide bonds. The lowest BCUT2D eigenvalue weighted by Gasteiger charge is -2.30. The quantitative estimate of drug-likeness (QED) is 0.388. The molecule has 1 aliphatic heterocycles. The van der Waals surface area contributed by atoms with Gasteiger partial charge in [-0.3, -0.25) is 14.9 Å². The van der Waals surface area contributed by atoms with Gasteiger partial charge in [0, 0.05) is 36.5 Å². The van der Waals surface area contributed by atoms with Crippen LogP contribution >= 0.6 is 11.6 Å². The van der Waals surface area contributed by atoms with Crippen LogP contribution in [0, 0.1) is 10.1 Å². The third kappa shape index (κ3) is 4.61. The molecule has 3 aromatic rings. The van der Waals surface area contributed by atoms with Gasteiger partial charge in [0.05, 0.1) is 21.2 Å². The number of nitrogens with zero attached hydrogens (tertiary/aromatic N) is 2. The molecule has 9 heteroatoms. The van der Waals surface area contributed by atoms with E-state index in [1.165, 1.54) is 12.1 Å². The van der Waals surface area contributed by atoms with Crippen molar-refractivity contribution in [2.75, 3.05) is 23.3 Å². The maximum Gasteiger partial charge on any atom is 0.270 e. The van der Waals surface area contributed by atoms with Crippen LogP contribution in [-0.4, -0.2) is 29.0 Å². The van der Waals surface area contributed by atoms with Crippen LogP contribution in [-0.2, 0) is 6.61 Å². The number of benzene rings is 2. The number of nitro groups is 1. The van der Waals surface area contributed by atoms with E-state index in [0.29, 0.717) is 33.5 Å². The summed E-state index contributed by atoms with van der Waals surface area (Å²) in [6, 6.07) is 12.7. The van der Waals surface area contributed by atoms with Crippen molar-refractivity contribution in [2.45, 2.75) is 25.9 Å². The smallest absolute Gasteiger partial charge is 0.270 e. The summed E-state index contributed by atoms with van der Waals surface area (Å²) in [5, 5.41) is 23.6. The molecule has 1 fully saturated rings. The second-order valence-electron chi connectivity index (χ2n) is 7.58. The van der Waals surface area contributed by atoms with Crippen LogP contribution in [0.1, 0.15) is 35.4 Å². The number of non-ortho nitro benzene ring substituents is 1. The summed E-state index contributed by atoms with van der Waals surface area (Å²) in [6.07, 6.45) is 3.16. The van der Waals surface area contributed by atoms with E-state index in [9.17, 15) is 14.9 Å². The predicted molar refractivity (Wildman–Crippen MR) is 122 cm³/mol. The summed E-state index contributed by atoms with van der Waals surface area (Å²) in [4.78, 5) is 26.0. The molecule has 32 heavy (non-hydrogen) atoms. The number of halogens is 1. The standard InChI is InChI=1S/C23H22ClN3O5/c24-20-12-15(4-7-18(20)22-9-6-17(14-28)32-22)25-23(29)19-13-16(27(30)31)5-8-21(19)26-10-2-1-3-11-26/h4-9,12-13,28H,1-3,10-11,14H2,(H,25,29). The Hall–Kier alpha value is -3.36.